The van der Waals surface area contributed by atoms with Crippen LogP contribution in [0.25, 0.3) is 0 Å². The lowest BCUT2D eigenvalue weighted by Gasteiger charge is -2.60. The Hall–Kier alpha value is -1.02. The lowest BCUT2D eigenvalue weighted by atomic mass is 9.45. The van der Waals surface area contributed by atoms with Crippen LogP contribution in [0.5, 0.6) is 0 Å². The van der Waals surface area contributed by atoms with Gasteiger partial charge in [0.1, 0.15) is 0 Å². The maximum Gasteiger partial charge on any atom is 0.0543 e. The van der Waals surface area contributed by atoms with Crippen LogP contribution in [0, 0.1) is 34.5 Å². The summed E-state index contributed by atoms with van der Waals surface area (Å²) in [4.78, 5) is 0. The minimum atomic E-state index is -0.0352. The van der Waals surface area contributed by atoms with Crippen molar-refractivity contribution >= 4 is 5.69 Å². The Morgan fingerprint density at radius 2 is 1.71 bits per heavy atom. The average molecular weight is 422 g/mol. The van der Waals surface area contributed by atoms with Crippen molar-refractivity contribution in [2.75, 3.05) is 5.32 Å². The van der Waals surface area contributed by atoms with E-state index in [1.807, 2.05) is 0 Å². The molecule has 2 nitrogen and oxygen atoms in total. The van der Waals surface area contributed by atoms with Gasteiger partial charge in [-0.3, -0.25) is 0 Å². The van der Waals surface area contributed by atoms with Crippen molar-refractivity contribution in [3.8, 4) is 0 Å². The van der Waals surface area contributed by atoms with Crippen LogP contribution in [0.1, 0.15) is 103 Å². The molecule has 170 valence electrons. The molecule has 4 saturated carbocycles. The van der Waals surface area contributed by atoms with Crippen LogP contribution < -0.4 is 5.32 Å². The maximum absolute atomic E-state index is 10.3. The van der Waals surface area contributed by atoms with E-state index < -0.39 is 0 Å². The van der Waals surface area contributed by atoms with Gasteiger partial charge in [0.15, 0.2) is 0 Å². The van der Waals surface area contributed by atoms with E-state index in [1.165, 1.54) is 49.8 Å². The van der Waals surface area contributed by atoms with Crippen LogP contribution in [0.3, 0.4) is 0 Å². The minimum Gasteiger partial charge on any atom is -0.393 e. The molecule has 1 heterocycles. The number of hydrogen-bond acceptors (Lipinski definition) is 2. The van der Waals surface area contributed by atoms with Gasteiger partial charge in [-0.2, -0.15) is 0 Å². The number of aliphatic hydroxyl groups excluding tert-OH is 1. The summed E-state index contributed by atoms with van der Waals surface area (Å²) in [5.41, 5.74) is 5.65. The Labute approximate surface area is 189 Å². The first-order valence-corrected chi connectivity index (χ1v) is 13.2. The van der Waals surface area contributed by atoms with E-state index >= 15 is 0 Å². The van der Waals surface area contributed by atoms with Crippen molar-refractivity contribution in [1.82, 2.24) is 0 Å². The minimum absolute atomic E-state index is 0.0352. The van der Waals surface area contributed by atoms with Gasteiger partial charge in [0.25, 0.3) is 0 Å². The fourth-order valence-corrected chi connectivity index (χ4v) is 9.49. The van der Waals surface area contributed by atoms with Gasteiger partial charge in [0.2, 0.25) is 0 Å². The normalized spacial score (nSPS) is 48.1. The Kier molecular flexibility index (Phi) is 4.33. The zero-order valence-electron chi connectivity index (χ0n) is 20.4. The summed E-state index contributed by atoms with van der Waals surface area (Å²) in [6, 6.07) is 7.90. The third-order valence-corrected chi connectivity index (χ3v) is 11.3. The van der Waals surface area contributed by atoms with E-state index in [0.717, 1.165) is 36.5 Å². The van der Waals surface area contributed by atoms with Crippen LogP contribution in [-0.2, 0) is 5.41 Å². The Balaban J connectivity index is 1.32. The van der Waals surface area contributed by atoms with E-state index in [4.69, 9.17) is 0 Å². The molecule has 0 aromatic heterocycles. The fourth-order valence-electron chi connectivity index (χ4n) is 9.49. The predicted octanol–water partition coefficient (Wildman–Crippen LogP) is 6.88. The van der Waals surface area contributed by atoms with Crippen LogP contribution in [0.2, 0.25) is 0 Å². The number of rotatable bonds is 0. The first-order valence-electron chi connectivity index (χ1n) is 13.2. The third-order valence-electron chi connectivity index (χ3n) is 11.3. The van der Waals surface area contributed by atoms with Gasteiger partial charge in [0, 0.05) is 17.6 Å². The highest BCUT2D eigenvalue weighted by molar-refractivity contribution is 5.62. The highest BCUT2D eigenvalue weighted by Crippen LogP contribution is 2.69. The molecule has 0 saturated heterocycles. The quantitative estimate of drug-likeness (QED) is 0.479. The van der Waals surface area contributed by atoms with Crippen molar-refractivity contribution in [3.63, 3.8) is 0 Å². The van der Waals surface area contributed by atoms with Crippen LogP contribution >= 0.6 is 0 Å². The summed E-state index contributed by atoms with van der Waals surface area (Å²) in [7, 11) is 0. The zero-order chi connectivity index (χ0) is 21.8. The molecule has 1 aromatic rings. The van der Waals surface area contributed by atoms with Gasteiger partial charge in [-0.05, 0) is 108 Å². The fraction of sp³-hybridized carbons (Fsp3) is 0.793. The molecule has 5 aliphatic rings. The van der Waals surface area contributed by atoms with Crippen LogP contribution in [-0.4, -0.2) is 17.3 Å². The standard InChI is InChI=1S/C29H43NO/c1-27(2,3)17-7-9-25-21(15-17)22-16-24-20-8-6-18-14-19(31)10-12-28(18,4)23(20)11-13-29(24,5)26(22)30-25/h7,9,15,18-20,22-24,26,30-31H,6,8,10-14,16H2,1-5H3/t18?,19-,20+,22+,23+,24+,26-,28+,29+/m1/s1. The summed E-state index contributed by atoms with van der Waals surface area (Å²) in [6.07, 6.45) is 10.3. The number of fused-ring (bicyclic) bond motifs is 9. The summed E-state index contributed by atoms with van der Waals surface area (Å²) >= 11 is 0. The molecular formula is C29H43NO. The summed E-state index contributed by atoms with van der Waals surface area (Å²) in [6.45, 7) is 12.3. The van der Waals surface area contributed by atoms with E-state index in [9.17, 15) is 5.11 Å². The SMILES string of the molecule is CC(C)(C)c1ccc2c(c1)[C@@H]1C[C@H]3[C@H]4CCC5C[C@H](O)CC[C@]5(C)[C@H]4CC[C@]3(C)[C@@H]1N2. The molecule has 9 atom stereocenters. The zero-order valence-corrected chi connectivity index (χ0v) is 20.4. The Morgan fingerprint density at radius 1 is 0.935 bits per heavy atom. The largest absolute Gasteiger partial charge is 0.393 e. The second kappa shape index (κ2) is 6.52. The molecule has 0 bridgehead atoms. The smallest absolute Gasteiger partial charge is 0.0543 e. The third kappa shape index (κ3) is 2.79. The van der Waals surface area contributed by atoms with Crippen molar-refractivity contribution in [3.05, 3.63) is 29.3 Å². The molecule has 1 unspecified atom stereocenters. The van der Waals surface area contributed by atoms with E-state index in [0.29, 0.717) is 22.8 Å². The number of benzene rings is 1. The Bertz CT molecular complexity index is 885. The molecule has 0 radical (unpaired) electrons. The molecule has 2 heteroatoms. The number of hydrogen-bond donors (Lipinski definition) is 2. The molecule has 0 amide bonds. The molecule has 1 aromatic carbocycles. The number of anilines is 1. The Morgan fingerprint density at radius 3 is 2.48 bits per heavy atom. The molecule has 31 heavy (non-hydrogen) atoms. The van der Waals surface area contributed by atoms with Crippen molar-refractivity contribution in [2.24, 2.45) is 34.5 Å². The van der Waals surface area contributed by atoms with E-state index in [1.54, 1.807) is 5.56 Å². The second-order valence-corrected chi connectivity index (χ2v) is 13.6. The summed E-state index contributed by atoms with van der Waals surface area (Å²) < 4.78 is 0. The van der Waals surface area contributed by atoms with Gasteiger partial charge in [-0.1, -0.05) is 46.8 Å². The van der Waals surface area contributed by atoms with Crippen molar-refractivity contribution in [2.45, 2.75) is 109 Å². The molecule has 1 aliphatic heterocycles. The van der Waals surface area contributed by atoms with Gasteiger partial charge < -0.3 is 10.4 Å². The lowest BCUT2D eigenvalue weighted by molar-refractivity contribution is -0.121. The molecule has 2 N–H and O–H groups in total. The van der Waals surface area contributed by atoms with Crippen molar-refractivity contribution < 1.29 is 5.11 Å². The van der Waals surface area contributed by atoms with Crippen LogP contribution in [0.4, 0.5) is 5.69 Å². The van der Waals surface area contributed by atoms with Gasteiger partial charge in [0.05, 0.1) is 6.10 Å². The monoisotopic (exact) mass is 421 g/mol. The van der Waals surface area contributed by atoms with E-state index in [2.05, 4.69) is 58.1 Å². The first-order chi connectivity index (χ1) is 14.6. The molecule has 0 spiro atoms. The summed E-state index contributed by atoms with van der Waals surface area (Å²) in [5, 5.41) is 14.4. The second-order valence-electron chi connectivity index (χ2n) is 13.6. The highest BCUT2D eigenvalue weighted by Gasteiger charge is 2.63. The topological polar surface area (TPSA) is 32.3 Å². The molecule has 4 fully saturated rings. The number of aliphatic hydroxyl groups is 1. The summed E-state index contributed by atoms with van der Waals surface area (Å²) in [5.74, 6) is 4.11. The highest BCUT2D eigenvalue weighted by atomic mass is 16.3. The van der Waals surface area contributed by atoms with E-state index in [-0.39, 0.29) is 11.5 Å². The number of nitrogens with one attached hydrogen (secondary N) is 1. The predicted molar refractivity (Wildman–Crippen MR) is 128 cm³/mol. The van der Waals surface area contributed by atoms with Crippen LogP contribution in [0.15, 0.2) is 18.2 Å². The molecular weight excluding hydrogens is 378 g/mol. The molecule has 4 aliphatic carbocycles. The lowest BCUT2D eigenvalue weighted by Crippen LogP contribution is -2.55. The van der Waals surface area contributed by atoms with Crippen molar-refractivity contribution in [1.29, 1.82) is 0 Å². The molecule has 6 rings (SSSR count). The first kappa shape index (κ1) is 20.6. The van der Waals surface area contributed by atoms with Gasteiger partial charge in [-0.25, -0.2) is 0 Å². The maximum atomic E-state index is 10.3. The average Bonchev–Trinajstić information content (AvgIpc) is 3.22. The van der Waals surface area contributed by atoms with Gasteiger partial charge in [-0.15, -0.1) is 0 Å². The van der Waals surface area contributed by atoms with Gasteiger partial charge >= 0.3 is 0 Å².